The molecule has 0 spiro atoms. The minimum absolute atomic E-state index is 0.144. The number of likely N-dealkylation sites (tertiary alicyclic amines) is 1. The molecule has 1 aromatic heterocycles. The van der Waals surface area contributed by atoms with Crippen molar-refractivity contribution in [3.8, 4) is 0 Å². The van der Waals surface area contributed by atoms with Crippen molar-refractivity contribution in [3.63, 3.8) is 0 Å². The summed E-state index contributed by atoms with van der Waals surface area (Å²) in [6.07, 6.45) is 1.46. The minimum Gasteiger partial charge on any atom is -0.351 e. The molecule has 0 radical (unpaired) electrons. The van der Waals surface area contributed by atoms with Crippen LogP contribution in [-0.4, -0.2) is 53.2 Å². The van der Waals surface area contributed by atoms with Gasteiger partial charge in [-0.25, -0.2) is 9.37 Å². The average molecular weight is 452 g/mol. The Bertz CT molecular complexity index is 968. The van der Waals surface area contributed by atoms with E-state index in [0.29, 0.717) is 0 Å². The number of amides is 2. The minimum atomic E-state index is -4.74. The van der Waals surface area contributed by atoms with Gasteiger partial charge in [-0.05, 0) is 25.0 Å². The molecule has 4 rings (SSSR count). The Morgan fingerprint density at radius 1 is 1.19 bits per heavy atom. The molecule has 0 saturated carbocycles. The Morgan fingerprint density at radius 3 is 2.59 bits per heavy atom. The van der Waals surface area contributed by atoms with E-state index in [1.54, 1.807) is 24.4 Å². The van der Waals surface area contributed by atoms with E-state index in [-0.39, 0.29) is 48.9 Å². The standard InChI is InChI=1S/C21H21F4N5O2/c22-13-7-11-29(12-8-13)20(32)18-27-16(15-6-2-4-10-30(15)18)19(31)28-17(21(23,24)25)14-5-1-3-9-26-14/h1-6,9-10,13,17-18,27H,7-8,11-12H2,(H,28,31)/p+1. The summed E-state index contributed by atoms with van der Waals surface area (Å²) in [5, 5.41) is 4.80. The van der Waals surface area contributed by atoms with E-state index in [2.05, 4.69) is 10.3 Å². The van der Waals surface area contributed by atoms with E-state index in [1.807, 2.05) is 5.32 Å². The number of halogens is 4. The number of hydrogen-bond acceptors (Lipinski definition) is 4. The highest BCUT2D eigenvalue weighted by molar-refractivity contribution is 5.97. The molecule has 3 N–H and O–H groups in total. The van der Waals surface area contributed by atoms with Crippen LogP contribution in [-0.2, 0) is 9.59 Å². The first-order valence-corrected chi connectivity index (χ1v) is 10.2. The molecule has 2 unspecified atom stereocenters. The third-order valence-electron chi connectivity index (χ3n) is 5.55. The van der Waals surface area contributed by atoms with Gasteiger partial charge in [0.1, 0.15) is 11.9 Å². The lowest BCUT2D eigenvalue weighted by Gasteiger charge is -2.33. The molecule has 2 atom stereocenters. The number of fused-ring (bicyclic) bond motifs is 1. The Balaban J connectivity index is 1.55. The van der Waals surface area contributed by atoms with Gasteiger partial charge in [-0.2, -0.15) is 13.2 Å². The summed E-state index contributed by atoms with van der Waals surface area (Å²) in [5.74, 6) is -1.37. The smallest absolute Gasteiger partial charge is 0.351 e. The van der Waals surface area contributed by atoms with Crippen LogP contribution < -0.4 is 15.6 Å². The molecular weight excluding hydrogens is 430 g/mol. The summed E-state index contributed by atoms with van der Waals surface area (Å²) in [6, 6.07) is 1.93. The zero-order chi connectivity index (χ0) is 22.9. The van der Waals surface area contributed by atoms with Crippen molar-refractivity contribution in [1.29, 1.82) is 0 Å². The number of pyridine rings is 1. The van der Waals surface area contributed by atoms with E-state index < -0.39 is 30.5 Å². The van der Waals surface area contributed by atoms with Crippen molar-refractivity contribution < 1.29 is 32.1 Å². The molecule has 1 saturated heterocycles. The van der Waals surface area contributed by atoms with E-state index >= 15 is 0 Å². The first kappa shape index (κ1) is 21.8. The predicted molar refractivity (Wildman–Crippen MR) is 105 cm³/mol. The molecule has 7 nitrogen and oxygen atoms in total. The van der Waals surface area contributed by atoms with Crippen LogP contribution in [0.3, 0.4) is 0 Å². The van der Waals surface area contributed by atoms with Gasteiger partial charge in [0.05, 0.1) is 5.70 Å². The maximum absolute atomic E-state index is 13.7. The fourth-order valence-corrected chi connectivity index (χ4v) is 3.90. The van der Waals surface area contributed by atoms with E-state index in [9.17, 15) is 27.2 Å². The third kappa shape index (κ3) is 4.32. The second-order valence-electron chi connectivity index (χ2n) is 7.68. The summed E-state index contributed by atoms with van der Waals surface area (Å²) in [4.78, 5) is 31.4. The molecule has 11 heteroatoms. The molecule has 170 valence electrons. The van der Waals surface area contributed by atoms with Gasteiger partial charge in [-0.1, -0.05) is 12.1 Å². The number of carbonyl (C=O) groups is 2. The van der Waals surface area contributed by atoms with Crippen LogP contribution in [0.1, 0.15) is 24.6 Å². The number of carbonyl (C=O) groups excluding carboxylic acids is 2. The predicted octanol–water partition coefficient (Wildman–Crippen LogP) is 1.71. The molecule has 3 aliphatic rings. The Kier molecular flexibility index (Phi) is 5.90. The Labute approximate surface area is 181 Å². The molecule has 0 bridgehead atoms. The fraction of sp³-hybridized carbons (Fsp3) is 0.381. The quantitative estimate of drug-likeness (QED) is 0.682. The molecular formula is C21H22F4N5O2+. The zero-order valence-electron chi connectivity index (χ0n) is 16.9. The normalized spacial score (nSPS) is 21.9. The number of rotatable bonds is 4. The van der Waals surface area contributed by atoms with E-state index in [4.69, 9.17) is 0 Å². The van der Waals surface area contributed by atoms with Crippen LogP contribution in [0.15, 0.2) is 60.2 Å². The molecule has 1 fully saturated rings. The lowest BCUT2D eigenvalue weighted by molar-refractivity contribution is -0.401. The summed E-state index contributed by atoms with van der Waals surface area (Å²) >= 11 is 0. The second kappa shape index (κ2) is 8.64. The highest BCUT2D eigenvalue weighted by atomic mass is 19.4. The van der Waals surface area contributed by atoms with Gasteiger partial charge in [0, 0.05) is 31.4 Å². The van der Waals surface area contributed by atoms with Crippen LogP contribution in [0.5, 0.6) is 0 Å². The lowest BCUT2D eigenvalue weighted by atomic mass is 10.1. The van der Waals surface area contributed by atoms with Crippen molar-refractivity contribution in [2.45, 2.75) is 37.4 Å². The van der Waals surface area contributed by atoms with Gasteiger partial charge in [-0.3, -0.25) is 9.59 Å². The van der Waals surface area contributed by atoms with Crippen molar-refractivity contribution in [3.05, 3.63) is 65.9 Å². The topological polar surface area (TPSA) is 78.8 Å². The molecule has 2 amide bonds. The summed E-state index contributed by atoms with van der Waals surface area (Å²) in [5.41, 5.74) is -0.0918. The lowest BCUT2D eigenvalue weighted by Crippen LogP contribution is -2.53. The van der Waals surface area contributed by atoms with Crippen LogP contribution in [0, 0.1) is 0 Å². The molecule has 4 heterocycles. The van der Waals surface area contributed by atoms with Crippen LogP contribution in [0.2, 0.25) is 0 Å². The van der Waals surface area contributed by atoms with Crippen molar-refractivity contribution in [2.24, 2.45) is 0 Å². The number of H-pyrrole nitrogens is 1. The fourth-order valence-electron chi connectivity index (χ4n) is 3.90. The molecule has 0 aliphatic carbocycles. The highest BCUT2D eigenvalue weighted by Crippen LogP contribution is 2.32. The molecule has 32 heavy (non-hydrogen) atoms. The Morgan fingerprint density at radius 2 is 1.94 bits per heavy atom. The SMILES string of the molecule is O=C(NC(c1cccc[nH+]1)C(F)(F)F)C1=C2C=CC=CN2C(C(=O)N2CCC(F)CC2)N1. The van der Waals surface area contributed by atoms with Gasteiger partial charge in [0.25, 0.3) is 11.8 Å². The third-order valence-corrected chi connectivity index (χ3v) is 5.55. The van der Waals surface area contributed by atoms with Crippen molar-refractivity contribution in [1.82, 2.24) is 20.4 Å². The number of nitrogens with zero attached hydrogens (tertiary/aromatic N) is 2. The zero-order valence-corrected chi connectivity index (χ0v) is 16.9. The average Bonchev–Trinajstić information content (AvgIpc) is 3.17. The number of aromatic nitrogens is 1. The van der Waals surface area contributed by atoms with E-state index in [1.165, 1.54) is 34.2 Å². The molecule has 1 aromatic rings. The van der Waals surface area contributed by atoms with Crippen molar-refractivity contribution >= 4 is 11.8 Å². The number of allylic oxidation sites excluding steroid dienone is 3. The van der Waals surface area contributed by atoms with Crippen LogP contribution >= 0.6 is 0 Å². The maximum Gasteiger partial charge on any atom is 0.418 e. The van der Waals surface area contributed by atoms with Crippen LogP contribution in [0.4, 0.5) is 17.6 Å². The first-order chi connectivity index (χ1) is 15.3. The number of piperidine rings is 1. The number of nitrogens with one attached hydrogen (secondary N) is 3. The Hall–Kier alpha value is -3.37. The van der Waals surface area contributed by atoms with Gasteiger partial charge in [-0.15, -0.1) is 0 Å². The number of aromatic amines is 1. The van der Waals surface area contributed by atoms with Gasteiger partial charge in [0.2, 0.25) is 11.7 Å². The second-order valence-corrected chi connectivity index (χ2v) is 7.68. The van der Waals surface area contributed by atoms with E-state index in [0.717, 1.165) is 0 Å². The molecule has 3 aliphatic heterocycles. The number of hydrogen-bond donors (Lipinski definition) is 2. The summed E-state index contributed by atoms with van der Waals surface area (Å²) in [6.45, 7) is 0.477. The van der Waals surface area contributed by atoms with Crippen LogP contribution in [0.25, 0.3) is 0 Å². The number of alkyl halides is 4. The highest BCUT2D eigenvalue weighted by Gasteiger charge is 2.47. The van der Waals surface area contributed by atoms with Gasteiger partial charge >= 0.3 is 6.18 Å². The van der Waals surface area contributed by atoms with Crippen molar-refractivity contribution in [2.75, 3.05) is 13.1 Å². The van der Waals surface area contributed by atoms with Gasteiger partial charge < -0.3 is 20.4 Å². The molecule has 0 aromatic carbocycles. The maximum atomic E-state index is 13.7. The van der Waals surface area contributed by atoms with Gasteiger partial charge in [0.15, 0.2) is 12.4 Å². The first-order valence-electron chi connectivity index (χ1n) is 10.2. The largest absolute Gasteiger partial charge is 0.418 e. The summed E-state index contributed by atoms with van der Waals surface area (Å²) < 4.78 is 54.5. The monoisotopic (exact) mass is 452 g/mol. The summed E-state index contributed by atoms with van der Waals surface area (Å²) in [7, 11) is 0.